The Labute approximate surface area is 267 Å². The van der Waals surface area contributed by atoms with Crippen LogP contribution in [-0.4, -0.2) is 5.43 Å². The molecule has 0 unspecified atom stereocenters. The molecular formula is C36H36Cl2SiZr-2. The minimum atomic E-state index is 0. The van der Waals surface area contributed by atoms with Gasteiger partial charge in [-0.25, -0.2) is 0 Å². The average Bonchev–Trinajstić information content (AvgIpc) is 3.54. The summed E-state index contributed by atoms with van der Waals surface area (Å²) in [5, 5.41) is 5.36. The molecule has 0 radical (unpaired) electrons. The SMILES string of the molecule is CC(C)c1cc2c(-c3ccccc3)cccc2[cH-]1.C[Si](C)=[Zr+2].Cc1ccccc1-c1cc2ccccc2[cH-]1.[Cl-].[Cl-]. The number of aryl methyl sites for hydroxylation is 1. The van der Waals surface area contributed by atoms with Crippen LogP contribution in [0.15, 0.2) is 121 Å². The van der Waals surface area contributed by atoms with Crippen molar-refractivity contribution in [2.45, 2.75) is 39.8 Å². The Bertz CT molecular complexity index is 1610. The second-order valence-corrected chi connectivity index (χ2v) is 19.7. The Hall–Kier alpha value is -2.22. The number of hydrogen-bond acceptors (Lipinski definition) is 0. The van der Waals surface area contributed by atoms with Crippen LogP contribution in [0.4, 0.5) is 0 Å². The van der Waals surface area contributed by atoms with E-state index in [0.29, 0.717) is 5.92 Å². The molecule has 0 aliphatic heterocycles. The van der Waals surface area contributed by atoms with Crippen molar-refractivity contribution in [1.29, 1.82) is 0 Å². The summed E-state index contributed by atoms with van der Waals surface area (Å²) >= 11 is 1.74. The van der Waals surface area contributed by atoms with Crippen molar-refractivity contribution in [1.82, 2.24) is 0 Å². The molecule has 0 amide bonds. The predicted octanol–water partition coefficient (Wildman–Crippen LogP) is 4.68. The van der Waals surface area contributed by atoms with Gasteiger partial charge in [0, 0.05) is 0 Å². The summed E-state index contributed by atoms with van der Waals surface area (Å²) in [6, 6.07) is 43.4. The molecule has 0 N–H and O–H groups in total. The fourth-order valence-corrected chi connectivity index (χ4v) is 4.66. The van der Waals surface area contributed by atoms with Crippen LogP contribution < -0.4 is 24.8 Å². The first-order chi connectivity index (χ1) is 18.3. The molecule has 0 aliphatic carbocycles. The van der Waals surface area contributed by atoms with Crippen molar-refractivity contribution in [3.63, 3.8) is 0 Å². The van der Waals surface area contributed by atoms with Gasteiger partial charge in [0.2, 0.25) is 0 Å². The first kappa shape index (κ1) is 34.0. The molecule has 0 nitrogen and oxygen atoms in total. The van der Waals surface area contributed by atoms with Gasteiger partial charge in [0.1, 0.15) is 0 Å². The Morgan fingerprint density at radius 1 is 0.650 bits per heavy atom. The summed E-state index contributed by atoms with van der Waals surface area (Å²) in [5.41, 5.74) is 8.25. The average molecular weight is 659 g/mol. The molecule has 4 heteroatoms. The van der Waals surface area contributed by atoms with Crippen molar-refractivity contribution < 1.29 is 48.1 Å². The van der Waals surface area contributed by atoms with Crippen LogP contribution in [0.3, 0.4) is 0 Å². The van der Waals surface area contributed by atoms with E-state index in [0.717, 1.165) is 0 Å². The predicted molar refractivity (Wildman–Crippen MR) is 166 cm³/mol. The second-order valence-electron chi connectivity index (χ2n) is 10.3. The van der Waals surface area contributed by atoms with Crippen molar-refractivity contribution in [2.24, 2.45) is 0 Å². The summed E-state index contributed by atoms with van der Waals surface area (Å²) in [7, 11) is 0. The molecule has 40 heavy (non-hydrogen) atoms. The normalized spacial score (nSPS) is 10.1. The molecule has 0 aromatic heterocycles. The van der Waals surface area contributed by atoms with Gasteiger partial charge >= 0.3 is 41.9 Å². The van der Waals surface area contributed by atoms with Crippen LogP contribution in [-0.2, 0) is 23.3 Å². The first-order valence-electron chi connectivity index (χ1n) is 13.3. The van der Waals surface area contributed by atoms with Gasteiger partial charge < -0.3 is 24.8 Å². The standard InChI is InChI=1S/C18H17.C16H13.C2H6Si.2ClH.Zr/c1-13(2)16-11-15-9-6-10-17(18(15)12-16)14-7-4-3-5-8-14;1-12-6-2-5-9-16(12)15-10-13-7-3-4-8-14(13)11-15;1-3-2;;;/h3-13H,1-2H3;2-11H,1H3;1-2H3;2*1H;/q2*-1;;;;+2/p-2. The fourth-order valence-electron chi connectivity index (χ4n) is 4.66. The molecule has 0 bridgehead atoms. The number of hydrogen-bond donors (Lipinski definition) is 0. The van der Waals surface area contributed by atoms with Gasteiger partial charge in [0.05, 0.1) is 0 Å². The quantitative estimate of drug-likeness (QED) is 0.192. The summed E-state index contributed by atoms with van der Waals surface area (Å²) < 4.78 is 0. The van der Waals surface area contributed by atoms with Crippen LogP contribution in [0.5, 0.6) is 0 Å². The Morgan fingerprint density at radius 3 is 1.88 bits per heavy atom. The van der Waals surface area contributed by atoms with Crippen LogP contribution in [0.25, 0.3) is 43.8 Å². The van der Waals surface area contributed by atoms with E-state index < -0.39 is 0 Å². The maximum absolute atomic E-state index is 2.34. The zero-order valence-corrected chi connectivity index (χ0v) is 28.9. The third kappa shape index (κ3) is 8.89. The maximum atomic E-state index is 2.34. The van der Waals surface area contributed by atoms with E-state index in [2.05, 4.69) is 155 Å². The zero-order valence-electron chi connectivity index (χ0n) is 23.9. The Kier molecular flexibility index (Phi) is 13.8. The summed E-state index contributed by atoms with van der Waals surface area (Å²) in [6.07, 6.45) is 0. The third-order valence-corrected chi connectivity index (χ3v) is 6.60. The van der Waals surface area contributed by atoms with Gasteiger partial charge in [-0.15, -0.1) is 69.1 Å². The van der Waals surface area contributed by atoms with Crippen molar-refractivity contribution in [3.05, 3.63) is 132 Å². The molecule has 0 aliphatic rings. The van der Waals surface area contributed by atoms with E-state index in [1.165, 1.54) is 54.9 Å². The fraction of sp³-hybridized carbons (Fsp3) is 0.167. The number of benzene rings is 4. The van der Waals surface area contributed by atoms with Gasteiger partial charge in [0.15, 0.2) is 0 Å². The molecule has 6 rings (SSSR count). The van der Waals surface area contributed by atoms with E-state index in [4.69, 9.17) is 0 Å². The molecule has 0 atom stereocenters. The van der Waals surface area contributed by atoms with Gasteiger partial charge in [-0.2, -0.15) is 6.07 Å². The topological polar surface area (TPSA) is 0 Å². The molecule has 0 saturated carbocycles. The second kappa shape index (κ2) is 16.3. The molecule has 6 aromatic carbocycles. The van der Waals surface area contributed by atoms with E-state index in [-0.39, 0.29) is 30.2 Å². The van der Waals surface area contributed by atoms with Crippen molar-refractivity contribution >= 4 is 27.0 Å². The maximum Gasteiger partial charge on any atom is -0.0462 e. The number of halogens is 2. The minimum Gasteiger partial charge on any atom is -1.00 e. The molecule has 6 aromatic rings. The molecule has 0 fully saturated rings. The third-order valence-electron chi connectivity index (χ3n) is 6.60. The van der Waals surface area contributed by atoms with Gasteiger partial charge in [0.25, 0.3) is 0 Å². The summed E-state index contributed by atoms with van der Waals surface area (Å²) in [4.78, 5) is 0. The molecule has 0 heterocycles. The molecule has 204 valence electrons. The van der Waals surface area contributed by atoms with Crippen LogP contribution in [0.1, 0.15) is 30.9 Å². The van der Waals surface area contributed by atoms with E-state index in [1.54, 1.807) is 23.3 Å². The summed E-state index contributed by atoms with van der Waals surface area (Å²) in [5.74, 6) is 0.584. The largest absolute Gasteiger partial charge is 1.00 e. The van der Waals surface area contributed by atoms with Crippen LogP contribution in [0, 0.1) is 6.92 Å². The molecular weight excluding hydrogens is 623 g/mol. The van der Waals surface area contributed by atoms with Crippen LogP contribution in [0.2, 0.25) is 13.1 Å². The number of fused-ring (bicyclic) bond motifs is 2. The van der Waals surface area contributed by atoms with Gasteiger partial charge in [-0.3, -0.25) is 0 Å². The Morgan fingerprint density at radius 2 is 1.23 bits per heavy atom. The molecule has 0 saturated heterocycles. The van der Waals surface area contributed by atoms with Gasteiger partial charge in [-0.1, -0.05) is 109 Å². The van der Waals surface area contributed by atoms with E-state index in [9.17, 15) is 0 Å². The number of rotatable bonds is 3. The molecule has 0 spiro atoms. The van der Waals surface area contributed by atoms with E-state index >= 15 is 0 Å². The summed E-state index contributed by atoms with van der Waals surface area (Å²) in [6.45, 7) is 11.3. The van der Waals surface area contributed by atoms with Crippen LogP contribution >= 0.6 is 0 Å². The Balaban J connectivity index is 0.000000238. The first-order valence-corrected chi connectivity index (χ1v) is 19.5. The minimum absolute atomic E-state index is 0. The monoisotopic (exact) mass is 656 g/mol. The van der Waals surface area contributed by atoms with E-state index in [1.807, 2.05) is 0 Å². The van der Waals surface area contributed by atoms with Crippen molar-refractivity contribution in [3.8, 4) is 22.3 Å². The zero-order chi connectivity index (χ0) is 27.1. The van der Waals surface area contributed by atoms with Crippen molar-refractivity contribution in [2.75, 3.05) is 0 Å². The van der Waals surface area contributed by atoms with Gasteiger partial charge in [-0.05, 0) is 18.4 Å². The smallest absolute Gasteiger partial charge is 0.0462 e.